The van der Waals surface area contributed by atoms with Gasteiger partial charge in [0.2, 0.25) is 0 Å². The minimum Gasteiger partial charge on any atom is -0.508 e. The molecule has 1 saturated heterocycles. The summed E-state index contributed by atoms with van der Waals surface area (Å²) >= 11 is 0. The first kappa shape index (κ1) is 27.6. The second kappa shape index (κ2) is 12.4. The number of aromatic nitrogens is 1. The fourth-order valence-electron chi connectivity index (χ4n) is 5.31. The van der Waals surface area contributed by atoms with Gasteiger partial charge in [0.15, 0.2) is 5.78 Å². The SMILES string of the molecule is CCn1c(-c2ccc(O)cc2)c(C(=O)c2ccc(OCCN3CCCCCC3)cc2)c2ccc(O)cc21.Cl. The van der Waals surface area contributed by atoms with Crippen LogP contribution >= 0.6 is 12.4 Å². The summed E-state index contributed by atoms with van der Waals surface area (Å²) in [6.07, 6.45) is 5.16. The van der Waals surface area contributed by atoms with Crippen LogP contribution in [0.25, 0.3) is 22.2 Å². The van der Waals surface area contributed by atoms with Crippen molar-refractivity contribution in [3.63, 3.8) is 0 Å². The Morgan fingerprint density at radius 2 is 1.53 bits per heavy atom. The quantitative estimate of drug-likeness (QED) is 0.248. The van der Waals surface area contributed by atoms with Crippen molar-refractivity contribution in [1.29, 1.82) is 0 Å². The van der Waals surface area contributed by atoms with Gasteiger partial charge in [0.1, 0.15) is 23.9 Å². The molecule has 1 aliphatic heterocycles. The highest BCUT2D eigenvalue weighted by Gasteiger charge is 2.24. The molecular weight excluding hydrogens is 500 g/mol. The number of hydrogen-bond donors (Lipinski definition) is 2. The number of rotatable bonds is 8. The van der Waals surface area contributed by atoms with Gasteiger partial charge in [-0.05, 0) is 99.1 Å². The van der Waals surface area contributed by atoms with Crippen LogP contribution < -0.4 is 4.74 Å². The number of phenolic OH excluding ortho intramolecular Hbond substituents is 2. The van der Waals surface area contributed by atoms with Crippen LogP contribution in [0, 0.1) is 0 Å². The Balaban J connectivity index is 0.00000336. The number of aromatic hydroxyl groups is 2. The first-order valence-electron chi connectivity index (χ1n) is 13.2. The summed E-state index contributed by atoms with van der Waals surface area (Å²) in [6, 6.07) is 19.3. The molecule has 38 heavy (non-hydrogen) atoms. The molecule has 3 aromatic carbocycles. The maximum Gasteiger partial charge on any atom is 0.195 e. The lowest BCUT2D eigenvalue weighted by atomic mass is 9.97. The van der Waals surface area contributed by atoms with E-state index in [9.17, 15) is 15.0 Å². The van der Waals surface area contributed by atoms with Crippen molar-refractivity contribution in [1.82, 2.24) is 9.47 Å². The average molecular weight is 535 g/mol. The van der Waals surface area contributed by atoms with Gasteiger partial charge in [-0.2, -0.15) is 0 Å². The van der Waals surface area contributed by atoms with Gasteiger partial charge in [-0.1, -0.05) is 12.8 Å². The number of ketones is 1. The van der Waals surface area contributed by atoms with Crippen molar-refractivity contribution < 1.29 is 19.7 Å². The number of halogens is 1. The van der Waals surface area contributed by atoms with Gasteiger partial charge in [-0.25, -0.2) is 0 Å². The Morgan fingerprint density at radius 1 is 0.868 bits per heavy atom. The third-order valence-corrected chi connectivity index (χ3v) is 7.22. The predicted molar refractivity (Wildman–Crippen MR) is 154 cm³/mol. The van der Waals surface area contributed by atoms with Crippen LogP contribution in [0.5, 0.6) is 17.2 Å². The third-order valence-electron chi connectivity index (χ3n) is 7.22. The number of fused-ring (bicyclic) bond motifs is 1. The summed E-state index contributed by atoms with van der Waals surface area (Å²) in [5, 5.41) is 20.8. The number of carbonyl (C=O) groups excluding carboxylic acids is 1. The van der Waals surface area contributed by atoms with Crippen molar-refractivity contribution in [2.75, 3.05) is 26.2 Å². The Bertz CT molecular complexity index is 1370. The molecule has 0 radical (unpaired) electrons. The summed E-state index contributed by atoms with van der Waals surface area (Å²) in [6.45, 7) is 6.46. The number of ether oxygens (including phenoxy) is 1. The molecule has 1 aromatic heterocycles. The van der Waals surface area contributed by atoms with Gasteiger partial charge in [0.25, 0.3) is 0 Å². The van der Waals surface area contributed by atoms with Gasteiger partial charge in [0.05, 0.1) is 16.8 Å². The van der Waals surface area contributed by atoms with Crippen LogP contribution in [0.1, 0.15) is 48.5 Å². The molecule has 0 bridgehead atoms. The van der Waals surface area contributed by atoms with Crippen LogP contribution in [0.3, 0.4) is 0 Å². The maximum atomic E-state index is 13.9. The second-order valence-corrected chi connectivity index (χ2v) is 9.67. The van der Waals surface area contributed by atoms with Crippen LogP contribution in [-0.2, 0) is 6.54 Å². The van der Waals surface area contributed by atoms with Gasteiger partial charge in [-0.3, -0.25) is 9.69 Å². The molecule has 1 aliphatic rings. The van der Waals surface area contributed by atoms with Crippen molar-refractivity contribution in [2.45, 2.75) is 39.2 Å². The van der Waals surface area contributed by atoms with Crippen molar-refractivity contribution in [3.05, 3.63) is 77.9 Å². The molecule has 4 aromatic rings. The molecule has 5 rings (SSSR count). The van der Waals surface area contributed by atoms with E-state index in [4.69, 9.17) is 4.74 Å². The van der Waals surface area contributed by atoms with Gasteiger partial charge in [-0.15, -0.1) is 12.4 Å². The first-order chi connectivity index (χ1) is 18.0. The normalized spacial score (nSPS) is 14.1. The zero-order valence-corrected chi connectivity index (χ0v) is 22.5. The van der Waals surface area contributed by atoms with E-state index in [2.05, 4.69) is 4.90 Å². The molecule has 1 fully saturated rings. The summed E-state index contributed by atoms with van der Waals surface area (Å²) in [5.41, 5.74) is 3.54. The number of likely N-dealkylation sites (tertiary alicyclic amines) is 1. The van der Waals surface area contributed by atoms with E-state index in [1.165, 1.54) is 25.7 Å². The molecule has 0 amide bonds. The van der Waals surface area contributed by atoms with Gasteiger partial charge < -0.3 is 19.5 Å². The van der Waals surface area contributed by atoms with E-state index in [-0.39, 0.29) is 29.7 Å². The highest BCUT2D eigenvalue weighted by Crippen LogP contribution is 2.37. The van der Waals surface area contributed by atoms with Crippen molar-refractivity contribution in [2.24, 2.45) is 0 Å². The largest absolute Gasteiger partial charge is 0.508 e. The fourth-order valence-corrected chi connectivity index (χ4v) is 5.31. The van der Waals surface area contributed by atoms with Gasteiger partial charge in [0, 0.05) is 30.1 Å². The zero-order chi connectivity index (χ0) is 25.8. The lowest BCUT2D eigenvalue weighted by Gasteiger charge is -2.19. The number of benzene rings is 3. The van der Waals surface area contributed by atoms with E-state index < -0.39 is 0 Å². The molecule has 2 N–H and O–H groups in total. The van der Waals surface area contributed by atoms with E-state index in [0.29, 0.717) is 24.3 Å². The Hall–Kier alpha value is -3.48. The lowest BCUT2D eigenvalue weighted by molar-refractivity contribution is 0.104. The number of nitrogens with zero attached hydrogens (tertiary/aromatic N) is 2. The molecule has 6 nitrogen and oxygen atoms in total. The Kier molecular flexibility index (Phi) is 8.97. The average Bonchev–Trinajstić information content (AvgIpc) is 3.03. The summed E-state index contributed by atoms with van der Waals surface area (Å²) < 4.78 is 8.03. The molecule has 7 heteroatoms. The number of carbonyl (C=O) groups is 1. The highest BCUT2D eigenvalue weighted by molar-refractivity contribution is 6.20. The monoisotopic (exact) mass is 534 g/mol. The second-order valence-electron chi connectivity index (χ2n) is 9.67. The molecule has 0 spiro atoms. The zero-order valence-electron chi connectivity index (χ0n) is 21.7. The molecule has 200 valence electrons. The molecule has 0 unspecified atom stereocenters. The fraction of sp³-hybridized carbons (Fsp3) is 0.323. The number of hydrogen-bond acceptors (Lipinski definition) is 5. The smallest absolute Gasteiger partial charge is 0.195 e. The van der Waals surface area contributed by atoms with E-state index >= 15 is 0 Å². The summed E-state index contributed by atoms with van der Waals surface area (Å²) in [5.74, 6) is 0.977. The van der Waals surface area contributed by atoms with Crippen LogP contribution in [0.2, 0.25) is 0 Å². The molecule has 0 atom stereocenters. The topological polar surface area (TPSA) is 74.9 Å². The highest BCUT2D eigenvalue weighted by atomic mass is 35.5. The number of aryl methyl sites for hydroxylation is 1. The molecule has 0 saturated carbocycles. The summed E-state index contributed by atoms with van der Waals surface area (Å²) in [4.78, 5) is 16.4. The third kappa shape index (κ3) is 5.82. The van der Waals surface area contributed by atoms with Crippen LogP contribution in [-0.4, -0.2) is 51.7 Å². The van der Waals surface area contributed by atoms with Crippen LogP contribution in [0.15, 0.2) is 66.7 Å². The van der Waals surface area contributed by atoms with E-state index in [1.807, 2.05) is 47.9 Å². The molecular formula is C31H35ClN2O4. The first-order valence-corrected chi connectivity index (χ1v) is 13.2. The number of phenols is 2. The van der Waals surface area contributed by atoms with Crippen molar-refractivity contribution >= 4 is 29.1 Å². The Morgan fingerprint density at radius 3 is 2.18 bits per heavy atom. The minimum absolute atomic E-state index is 0. The van der Waals surface area contributed by atoms with E-state index in [0.717, 1.165) is 47.5 Å². The lowest BCUT2D eigenvalue weighted by Crippen LogP contribution is -2.29. The molecule has 2 heterocycles. The Labute approximate surface area is 229 Å². The summed E-state index contributed by atoms with van der Waals surface area (Å²) in [7, 11) is 0. The van der Waals surface area contributed by atoms with Gasteiger partial charge >= 0.3 is 0 Å². The van der Waals surface area contributed by atoms with E-state index in [1.54, 1.807) is 30.3 Å². The minimum atomic E-state index is -0.0953. The maximum absolute atomic E-state index is 13.9. The molecule has 0 aliphatic carbocycles. The van der Waals surface area contributed by atoms with Crippen LogP contribution in [0.4, 0.5) is 0 Å². The van der Waals surface area contributed by atoms with Crippen molar-refractivity contribution in [3.8, 4) is 28.5 Å². The standard InChI is InChI=1S/C31H34N2O4.ClH/c1-2-33-28-21-25(35)13-16-27(28)29(30(33)22-7-11-24(34)12-8-22)31(36)23-9-14-26(15-10-23)37-20-19-32-17-5-3-4-6-18-32;/h7-16,21,34-35H,2-6,17-20H2,1H3;1H. The predicted octanol–water partition coefficient (Wildman–Crippen LogP) is 6.65.